The summed E-state index contributed by atoms with van der Waals surface area (Å²) in [7, 11) is -2.88. The number of anilines is 1. The van der Waals surface area contributed by atoms with Crippen LogP contribution in [0.1, 0.15) is 13.3 Å². The molecule has 0 atom stereocenters. The van der Waals surface area contributed by atoms with Crippen LogP contribution in [0.2, 0.25) is 10.0 Å². The normalized spacial score (nSPS) is 11.5. The van der Waals surface area contributed by atoms with Gasteiger partial charge in [0.1, 0.15) is 9.84 Å². The fourth-order valence-corrected chi connectivity index (χ4v) is 2.64. The first-order valence-corrected chi connectivity index (χ1v) is 7.91. The Labute approximate surface area is 112 Å². The minimum absolute atomic E-state index is 0.189. The van der Waals surface area contributed by atoms with Crippen LogP contribution >= 0.6 is 23.2 Å². The van der Waals surface area contributed by atoms with Gasteiger partial charge in [-0.2, -0.15) is 0 Å². The van der Waals surface area contributed by atoms with Gasteiger partial charge >= 0.3 is 0 Å². The molecule has 6 heteroatoms. The minimum Gasteiger partial charge on any atom is -0.384 e. The van der Waals surface area contributed by atoms with Gasteiger partial charge in [0.25, 0.3) is 0 Å². The molecule has 0 bridgehead atoms. The van der Waals surface area contributed by atoms with Gasteiger partial charge in [0.2, 0.25) is 0 Å². The summed E-state index contributed by atoms with van der Waals surface area (Å²) in [5.74, 6) is 0.385. The number of hydrogen-bond donors (Lipinski definition) is 1. The van der Waals surface area contributed by atoms with Crippen LogP contribution in [0.25, 0.3) is 0 Å². The van der Waals surface area contributed by atoms with E-state index in [1.807, 2.05) is 0 Å². The molecular formula is C11H15Cl2NO2S. The molecule has 0 fully saturated rings. The topological polar surface area (TPSA) is 46.2 Å². The largest absolute Gasteiger partial charge is 0.384 e. The lowest BCUT2D eigenvalue weighted by molar-refractivity contribution is 0.595. The first-order chi connectivity index (χ1) is 7.94. The van der Waals surface area contributed by atoms with Gasteiger partial charge in [-0.1, -0.05) is 30.1 Å². The molecule has 17 heavy (non-hydrogen) atoms. The lowest BCUT2D eigenvalue weighted by atomic mass is 10.3. The maximum Gasteiger partial charge on any atom is 0.150 e. The molecule has 1 aromatic carbocycles. The van der Waals surface area contributed by atoms with Crippen LogP contribution < -0.4 is 5.32 Å². The molecule has 3 nitrogen and oxygen atoms in total. The lowest BCUT2D eigenvalue weighted by Crippen LogP contribution is -2.13. The van der Waals surface area contributed by atoms with Crippen LogP contribution in [0, 0.1) is 0 Å². The van der Waals surface area contributed by atoms with Gasteiger partial charge in [-0.15, -0.1) is 0 Å². The van der Waals surface area contributed by atoms with Crippen molar-refractivity contribution in [3.63, 3.8) is 0 Å². The van der Waals surface area contributed by atoms with Gasteiger partial charge in [-0.05, 0) is 24.6 Å². The van der Waals surface area contributed by atoms with Crippen molar-refractivity contribution >= 4 is 38.7 Å². The monoisotopic (exact) mass is 295 g/mol. The van der Waals surface area contributed by atoms with Crippen molar-refractivity contribution in [1.82, 2.24) is 0 Å². The summed E-state index contributed by atoms with van der Waals surface area (Å²) in [5, 5.41) is 4.20. The van der Waals surface area contributed by atoms with E-state index in [0.29, 0.717) is 23.0 Å². The molecule has 0 saturated carbocycles. The molecule has 0 heterocycles. The Kier molecular flexibility index (Phi) is 5.56. The molecule has 0 aromatic heterocycles. The van der Waals surface area contributed by atoms with E-state index < -0.39 is 9.84 Å². The van der Waals surface area contributed by atoms with Gasteiger partial charge < -0.3 is 5.32 Å². The molecule has 0 aliphatic rings. The predicted molar refractivity (Wildman–Crippen MR) is 73.9 cm³/mol. The van der Waals surface area contributed by atoms with E-state index in [1.165, 1.54) is 0 Å². The third-order valence-electron chi connectivity index (χ3n) is 2.32. The third-order valence-corrected chi connectivity index (χ3v) is 4.66. The summed E-state index contributed by atoms with van der Waals surface area (Å²) < 4.78 is 22.5. The number of rotatable bonds is 6. The fourth-order valence-electron chi connectivity index (χ4n) is 1.29. The average Bonchev–Trinajstić information content (AvgIpc) is 2.27. The molecular weight excluding hydrogens is 281 g/mol. The van der Waals surface area contributed by atoms with Crippen molar-refractivity contribution in [2.45, 2.75) is 13.3 Å². The molecule has 0 amide bonds. The molecule has 0 aliphatic carbocycles. The van der Waals surface area contributed by atoms with Crippen LogP contribution in [-0.4, -0.2) is 26.5 Å². The molecule has 0 aliphatic heterocycles. The van der Waals surface area contributed by atoms with Crippen molar-refractivity contribution in [2.75, 3.05) is 23.4 Å². The summed E-state index contributed by atoms with van der Waals surface area (Å²) in [6, 6.07) is 5.16. The van der Waals surface area contributed by atoms with E-state index in [1.54, 1.807) is 25.1 Å². The number of halogens is 2. The summed E-state index contributed by atoms with van der Waals surface area (Å²) in [6.07, 6.45) is 0.565. The first kappa shape index (κ1) is 14.6. The first-order valence-electron chi connectivity index (χ1n) is 5.34. The maximum atomic E-state index is 11.3. The van der Waals surface area contributed by atoms with Crippen LogP contribution in [0.3, 0.4) is 0 Å². The van der Waals surface area contributed by atoms with Crippen molar-refractivity contribution in [3.8, 4) is 0 Å². The summed E-state index contributed by atoms with van der Waals surface area (Å²) in [6.45, 7) is 2.22. The van der Waals surface area contributed by atoms with E-state index >= 15 is 0 Å². The average molecular weight is 296 g/mol. The molecule has 0 spiro atoms. The van der Waals surface area contributed by atoms with Crippen LogP contribution in [0.5, 0.6) is 0 Å². The smallest absolute Gasteiger partial charge is 0.150 e. The SMILES string of the molecule is CCS(=O)(=O)CCCNc1ccc(Cl)cc1Cl. The Morgan fingerprint density at radius 1 is 1.29 bits per heavy atom. The molecule has 1 rings (SSSR count). The summed E-state index contributed by atoms with van der Waals surface area (Å²) >= 11 is 11.7. The zero-order valence-electron chi connectivity index (χ0n) is 9.54. The van der Waals surface area contributed by atoms with Gasteiger partial charge in [0, 0.05) is 17.3 Å². The number of benzene rings is 1. The van der Waals surface area contributed by atoms with Gasteiger partial charge in [0.15, 0.2) is 0 Å². The van der Waals surface area contributed by atoms with Crippen molar-refractivity contribution < 1.29 is 8.42 Å². The Morgan fingerprint density at radius 3 is 2.59 bits per heavy atom. The molecule has 0 saturated heterocycles. The molecule has 0 unspecified atom stereocenters. The van der Waals surface area contributed by atoms with E-state index in [-0.39, 0.29) is 11.5 Å². The summed E-state index contributed by atoms with van der Waals surface area (Å²) in [5.41, 5.74) is 0.768. The number of hydrogen-bond acceptors (Lipinski definition) is 3. The Balaban J connectivity index is 2.41. The van der Waals surface area contributed by atoms with Crippen molar-refractivity contribution in [2.24, 2.45) is 0 Å². The second-order valence-electron chi connectivity index (χ2n) is 3.64. The highest BCUT2D eigenvalue weighted by molar-refractivity contribution is 7.91. The van der Waals surface area contributed by atoms with Crippen molar-refractivity contribution in [3.05, 3.63) is 28.2 Å². The highest BCUT2D eigenvalue weighted by Crippen LogP contribution is 2.25. The Morgan fingerprint density at radius 2 is 2.00 bits per heavy atom. The van der Waals surface area contributed by atoms with Crippen LogP contribution in [0.15, 0.2) is 18.2 Å². The highest BCUT2D eigenvalue weighted by atomic mass is 35.5. The fraction of sp³-hybridized carbons (Fsp3) is 0.455. The Bertz CT molecular complexity index is 474. The minimum atomic E-state index is -2.88. The highest BCUT2D eigenvalue weighted by Gasteiger charge is 2.06. The second kappa shape index (κ2) is 6.47. The van der Waals surface area contributed by atoms with Crippen LogP contribution in [-0.2, 0) is 9.84 Å². The number of sulfone groups is 1. The lowest BCUT2D eigenvalue weighted by Gasteiger charge is -2.08. The maximum absolute atomic E-state index is 11.3. The van der Waals surface area contributed by atoms with Crippen molar-refractivity contribution in [1.29, 1.82) is 0 Å². The second-order valence-corrected chi connectivity index (χ2v) is 6.96. The molecule has 1 N–H and O–H groups in total. The van der Waals surface area contributed by atoms with E-state index in [9.17, 15) is 8.42 Å². The molecule has 1 aromatic rings. The van der Waals surface area contributed by atoms with Gasteiger partial charge in [-0.3, -0.25) is 0 Å². The molecule has 0 radical (unpaired) electrons. The molecule has 96 valence electrons. The zero-order valence-corrected chi connectivity index (χ0v) is 11.9. The van der Waals surface area contributed by atoms with E-state index in [0.717, 1.165) is 5.69 Å². The van der Waals surface area contributed by atoms with Gasteiger partial charge in [0.05, 0.1) is 16.5 Å². The predicted octanol–water partition coefficient (Wildman–Crippen LogP) is 3.23. The number of nitrogens with one attached hydrogen (secondary N) is 1. The standard InChI is InChI=1S/C11H15Cl2NO2S/c1-2-17(15,16)7-3-6-14-11-5-4-9(12)8-10(11)13/h4-5,8,14H,2-3,6-7H2,1H3. The van der Waals surface area contributed by atoms with Crippen LogP contribution in [0.4, 0.5) is 5.69 Å². The quantitative estimate of drug-likeness (QED) is 0.820. The van der Waals surface area contributed by atoms with Gasteiger partial charge in [-0.25, -0.2) is 8.42 Å². The third kappa shape index (κ3) is 5.15. The zero-order chi connectivity index (χ0) is 12.9. The van der Waals surface area contributed by atoms with E-state index in [4.69, 9.17) is 23.2 Å². The Hall–Kier alpha value is -0.450. The summed E-state index contributed by atoms with van der Waals surface area (Å²) in [4.78, 5) is 0. The van der Waals surface area contributed by atoms with E-state index in [2.05, 4.69) is 5.32 Å².